The molecule has 1 saturated carbocycles. The van der Waals surface area contributed by atoms with Crippen LogP contribution in [0.15, 0.2) is 107 Å². The average molecular weight is 1150 g/mol. The Bertz CT molecular complexity index is 3600. The first-order chi connectivity index (χ1) is 36.7. The predicted molar refractivity (Wildman–Crippen MR) is 296 cm³/mol. The molecule has 2 atom stereocenters. The fourth-order valence-electron chi connectivity index (χ4n) is 11.6. The van der Waals surface area contributed by atoms with Crippen molar-refractivity contribution in [2.45, 2.75) is 115 Å². The van der Waals surface area contributed by atoms with Crippen LogP contribution >= 0.6 is 45.3 Å². The second-order valence-electron chi connectivity index (χ2n) is 20.2. The van der Waals surface area contributed by atoms with Gasteiger partial charge in [0.25, 0.3) is 0 Å². The van der Waals surface area contributed by atoms with Crippen LogP contribution in [-0.2, 0) is 0 Å². The molecular formula is C60H46F12N2S4. The van der Waals surface area contributed by atoms with Crippen LogP contribution in [0.1, 0.15) is 89.7 Å². The number of aliphatic imine (C=N–C) groups is 2. The van der Waals surface area contributed by atoms with E-state index >= 15 is 52.7 Å². The zero-order chi connectivity index (χ0) is 55.8. The van der Waals surface area contributed by atoms with Crippen molar-refractivity contribution in [1.29, 1.82) is 0 Å². The van der Waals surface area contributed by atoms with Crippen molar-refractivity contribution < 1.29 is 52.7 Å². The molecule has 1 fully saturated rings. The maximum absolute atomic E-state index is 16.1. The highest BCUT2D eigenvalue weighted by Gasteiger charge is 2.82. The van der Waals surface area contributed by atoms with E-state index in [2.05, 4.69) is 0 Å². The van der Waals surface area contributed by atoms with E-state index in [1.54, 1.807) is 97.4 Å². The fourth-order valence-corrected chi connectivity index (χ4v) is 16.1. The number of aryl methyl sites for hydroxylation is 4. The Kier molecular flexibility index (Phi) is 13.1. The molecule has 4 heterocycles. The summed E-state index contributed by atoms with van der Waals surface area (Å²) in [4.78, 5) is 11.6. The summed E-state index contributed by atoms with van der Waals surface area (Å²) in [7, 11) is 0. The lowest BCUT2D eigenvalue weighted by Gasteiger charge is -2.26. The second kappa shape index (κ2) is 18.9. The monoisotopic (exact) mass is 1150 g/mol. The Morgan fingerprint density at radius 3 is 1.05 bits per heavy atom. The van der Waals surface area contributed by atoms with E-state index < -0.39 is 57.8 Å². The highest BCUT2D eigenvalue weighted by atomic mass is 32.1. The van der Waals surface area contributed by atoms with Gasteiger partial charge in [0.05, 0.1) is 12.1 Å². The summed E-state index contributed by atoms with van der Waals surface area (Å²) in [6.45, 7) is 8.86. The number of fused-ring (bicyclic) bond motifs is 2. The van der Waals surface area contributed by atoms with Crippen molar-refractivity contribution in [1.82, 2.24) is 0 Å². The van der Waals surface area contributed by atoms with Gasteiger partial charge in [0, 0.05) is 106 Å². The molecule has 0 bridgehead atoms. The van der Waals surface area contributed by atoms with E-state index in [-0.39, 0.29) is 75.7 Å². The molecule has 18 heteroatoms. The summed E-state index contributed by atoms with van der Waals surface area (Å²) in [5, 5.41) is 0.401. The van der Waals surface area contributed by atoms with Gasteiger partial charge in [0.2, 0.25) is 0 Å². The van der Waals surface area contributed by atoms with Gasteiger partial charge in [0.1, 0.15) is 0 Å². The second-order valence-corrected chi connectivity index (χ2v) is 25.2. The molecule has 11 rings (SSSR count). The van der Waals surface area contributed by atoms with Crippen molar-refractivity contribution in [3.8, 4) is 20.9 Å². The highest BCUT2D eigenvalue weighted by molar-refractivity contribution is 7.20. The number of alkyl halides is 12. The van der Waals surface area contributed by atoms with Crippen LogP contribution in [0.25, 0.3) is 63.3 Å². The molecule has 3 aliphatic rings. The van der Waals surface area contributed by atoms with Gasteiger partial charge in [-0.25, -0.2) is 0 Å². The van der Waals surface area contributed by atoms with Crippen molar-refractivity contribution in [2.75, 3.05) is 0 Å². The summed E-state index contributed by atoms with van der Waals surface area (Å²) in [5.41, 5.74) is -3.71. The summed E-state index contributed by atoms with van der Waals surface area (Å²) >= 11 is 4.28. The fraction of sp³-hybridized carbons (Fsp3) is 0.300. The van der Waals surface area contributed by atoms with Gasteiger partial charge >= 0.3 is 35.5 Å². The van der Waals surface area contributed by atoms with Gasteiger partial charge < -0.3 is 0 Å². The predicted octanol–water partition coefficient (Wildman–Crippen LogP) is 19.9. The molecule has 2 nitrogen and oxygen atoms in total. The Balaban J connectivity index is 0.836. The van der Waals surface area contributed by atoms with Crippen molar-refractivity contribution >= 4 is 100 Å². The minimum atomic E-state index is -5.69. The summed E-state index contributed by atoms with van der Waals surface area (Å²) in [6.07, 6.45) is 6.78. The maximum atomic E-state index is 16.1. The van der Waals surface area contributed by atoms with Gasteiger partial charge in [-0.2, -0.15) is 52.7 Å². The van der Waals surface area contributed by atoms with Crippen LogP contribution in [0, 0.1) is 41.5 Å². The van der Waals surface area contributed by atoms with Crippen molar-refractivity contribution in [2.24, 2.45) is 9.98 Å². The van der Waals surface area contributed by atoms with Crippen LogP contribution in [0.2, 0.25) is 0 Å². The number of hydrogen-bond donors (Lipinski definition) is 0. The molecule has 0 N–H and O–H groups in total. The van der Waals surface area contributed by atoms with Gasteiger partial charge in [-0.3, -0.25) is 9.98 Å². The minimum absolute atomic E-state index is 0.182. The minimum Gasteiger partial charge on any atom is -0.287 e. The van der Waals surface area contributed by atoms with E-state index in [1.807, 2.05) is 0 Å². The molecule has 0 unspecified atom stereocenters. The maximum Gasteiger partial charge on any atom is 0.380 e. The number of rotatable bonds is 10. The normalized spacial score (nSPS) is 21.4. The molecule has 0 radical (unpaired) electrons. The Morgan fingerprint density at radius 2 is 0.705 bits per heavy atom. The summed E-state index contributed by atoms with van der Waals surface area (Å²) in [5.74, 6) is -32.1. The van der Waals surface area contributed by atoms with E-state index in [9.17, 15) is 0 Å². The lowest BCUT2D eigenvalue weighted by atomic mass is 9.90. The standard InChI is InChI=1S/C60H46F12N2S4/c1-29-45(49-51(57(65,66)59(69,70)55(49,61)62)47-33(5)75-43-17-11-7-13-39(43)47)31(3)77-53(29)37-23-19-35(20-24-37)27-73-41-15-9-10-16-42(41)74-28-36-21-25-38(26-22-36)54-30(2)46(32(4)78-54)50-52(58(67,68)60(71,72)56(50,63)64)48-34(6)76-44-18-12-8-14-40(44)48/h7-8,11-14,17-28,41-42H,9-10,15-16H2,1-6H3/t41-,42-/m0/s1. The Morgan fingerprint density at radius 1 is 0.397 bits per heavy atom. The van der Waals surface area contributed by atoms with Crippen LogP contribution in [-0.4, -0.2) is 60.0 Å². The molecule has 8 aromatic rings. The number of thiophene rings is 4. The summed E-state index contributed by atoms with van der Waals surface area (Å²) < 4.78 is 191. The molecule has 0 saturated heterocycles. The largest absolute Gasteiger partial charge is 0.380 e. The third-order valence-electron chi connectivity index (χ3n) is 15.4. The molecule has 4 aromatic heterocycles. The number of allylic oxidation sites excluding steroid dienone is 4. The van der Waals surface area contributed by atoms with E-state index in [1.165, 1.54) is 53.7 Å². The van der Waals surface area contributed by atoms with E-state index in [4.69, 9.17) is 9.98 Å². The quantitative estimate of drug-likeness (QED) is 0.0963. The molecular weight excluding hydrogens is 1100 g/mol. The van der Waals surface area contributed by atoms with Crippen LogP contribution in [0.5, 0.6) is 0 Å². The van der Waals surface area contributed by atoms with Crippen LogP contribution < -0.4 is 0 Å². The third kappa shape index (κ3) is 7.98. The number of benzene rings is 4. The zero-order valence-electron chi connectivity index (χ0n) is 42.4. The van der Waals surface area contributed by atoms with Crippen LogP contribution in [0.3, 0.4) is 0 Å². The third-order valence-corrected chi connectivity index (χ3v) is 20.1. The number of nitrogens with zero attached hydrogens (tertiary/aromatic N) is 2. The smallest absolute Gasteiger partial charge is 0.287 e. The molecule has 404 valence electrons. The molecule has 0 aliphatic heterocycles. The SMILES string of the molecule is Cc1sc(-c2ccc(C=N[C@H]3CCCC[C@@H]3N=Cc3ccc(-c4sc(C)c(C5=C(c6c(C)sc7ccccc67)C(F)(F)C(F)(F)C5(F)F)c4C)cc3)cc2)c(C)c1C1=C(c2c(C)sc3ccccc23)C(F)(F)C(F)(F)C1(F)F. The van der Waals surface area contributed by atoms with E-state index in [0.717, 1.165) is 71.0 Å². The number of halogens is 12. The highest BCUT2D eigenvalue weighted by Crippen LogP contribution is 2.69. The van der Waals surface area contributed by atoms with Crippen molar-refractivity contribution in [3.63, 3.8) is 0 Å². The average Bonchev–Trinajstić information content (AvgIpc) is 3.16. The molecule has 0 amide bonds. The molecule has 0 spiro atoms. The number of hydrogen-bond acceptors (Lipinski definition) is 6. The first-order valence-electron chi connectivity index (χ1n) is 25.0. The lowest BCUT2D eigenvalue weighted by molar-refractivity contribution is -0.254. The van der Waals surface area contributed by atoms with Gasteiger partial charge in [-0.05, 0) is 99.9 Å². The zero-order valence-corrected chi connectivity index (χ0v) is 45.7. The topological polar surface area (TPSA) is 24.7 Å². The first-order valence-corrected chi connectivity index (χ1v) is 28.2. The van der Waals surface area contributed by atoms with Crippen molar-refractivity contribution in [3.05, 3.63) is 161 Å². The van der Waals surface area contributed by atoms with E-state index in [0.29, 0.717) is 41.4 Å². The Hall–Kier alpha value is -5.82. The molecule has 3 aliphatic carbocycles. The van der Waals surface area contributed by atoms with Crippen LogP contribution in [0.4, 0.5) is 52.7 Å². The lowest BCUT2D eigenvalue weighted by Crippen LogP contribution is -2.49. The summed E-state index contributed by atoms with van der Waals surface area (Å²) in [6, 6.07) is 26.4. The van der Waals surface area contributed by atoms with Gasteiger partial charge in [-0.15, -0.1) is 45.3 Å². The van der Waals surface area contributed by atoms with Gasteiger partial charge in [0.15, 0.2) is 0 Å². The van der Waals surface area contributed by atoms with Gasteiger partial charge in [-0.1, -0.05) is 97.8 Å². The molecule has 4 aromatic carbocycles. The molecule has 78 heavy (non-hydrogen) atoms. The Labute approximate surface area is 457 Å². The first kappa shape index (κ1) is 54.2.